The highest BCUT2D eigenvalue weighted by atomic mass is 35.5. The van der Waals surface area contributed by atoms with Gasteiger partial charge in [0.1, 0.15) is 5.75 Å². The highest BCUT2D eigenvalue weighted by Crippen LogP contribution is 2.34. The van der Waals surface area contributed by atoms with Gasteiger partial charge in [-0.2, -0.15) is 0 Å². The lowest BCUT2D eigenvalue weighted by molar-refractivity contribution is -0.141. The lowest BCUT2D eigenvalue weighted by Crippen LogP contribution is -2.20. The van der Waals surface area contributed by atoms with Gasteiger partial charge in [-0.3, -0.25) is 0 Å². The van der Waals surface area contributed by atoms with E-state index >= 15 is 0 Å². The van der Waals surface area contributed by atoms with E-state index in [2.05, 4.69) is 23.6 Å². The van der Waals surface area contributed by atoms with Gasteiger partial charge in [-0.05, 0) is 37.1 Å². The molecule has 0 aliphatic carbocycles. The molecule has 1 unspecified atom stereocenters. The number of ether oxygens (including phenoxy) is 1. The van der Waals surface area contributed by atoms with E-state index in [1.165, 1.54) is 5.56 Å². The molecule has 5 heteroatoms. The number of carbonyl (C=O) groups is 1. The number of nitrogens with zero attached hydrogens (tertiary/aromatic N) is 1. The van der Waals surface area contributed by atoms with Gasteiger partial charge in [0.25, 0.3) is 5.56 Å². The van der Waals surface area contributed by atoms with E-state index in [0.717, 1.165) is 28.7 Å². The van der Waals surface area contributed by atoms with Gasteiger partial charge in [0, 0.05) is 17.6 Å². The van der Waals surface area contributed by atoms with Crippen LogP contribution in [-0.2, 0) is 11.3 Å². The van der Waals surface area contributed by atoms with E-state index in [4.69, 9.17) is 21.4 Å². The topological polar surface area (TPSA) is 51.5 Å². The van der Waals surface area contributed by atoms with Gasteiger partial charge in [-0.15, -0.1) is 0 Å². The Balaban J connectivity index is 2.09. The highest BCUT2D eigenvalue weighted by molar-refractivity contribution is 6.28. The zero-order chi connectivity index (χ0) is 17.3. The smallest absolute Gasteiger partial charge is 0.360 e. The molecular weight excluding hydrogens is 326 g/mol. The van der Waals surface area contributed by atoms with Crippen LogP contribution >= 0.6 is 11.6 Å². The first-order valence-electron chi connectivity index (χ1n) is 7.65. The Morgan fingerprint density at radius 3 is 2.54 bits per heavy atom. The van der Waals surface area contributed by atoms with Crippen LogP contribution < -0.4 is 4.74 Å². The third-order valence-corrected chi connectivity index (χ3v) is 4.50. The average molecular weight is 344 g/mol. The molecule has 0 aliphatic heterocycles. The minimum Gasteiger partial charge on any atom is -0.478 e. The predicted molar refractivity (Wildman–Crippen MR) is 94.9 cm³/mol. The Morgan fingerprint density at radius 1 is 1.17 bits per heavy atom. The van der Waals surface area contributed by atoms with Crippen molar-refractivity contribution in [2.24, 2.45) is 0 Å². The number of aromatic nitrogens is 1. The molecular formula is C19H18ClNO3. The van der Waals surface area contributed by atoms with Gasteiger partial charge < -0.3 is 14.4 Å². The molecule has 1 atom stereocenters. The molecule has 1 heterocycles. The van der Waals surface area contributed by atoms with Crippen molar-refractivity contribution in [2.45, 2.75) is 26.0 Å². The number of aliphatic carboxylic acids is 1. The maximum atomic E-state index is 11.0. The third-order valence-electron chi connectivity index (χ3n) is 4.23. The number of rotatable bonds is 5. The molecule has 4 nitrogen and oxygen atoms in total. The Kier molecular flexibility index (Phi) is 4.49. The molecule has 2 aromatic carbocycles. The third kappa shape index (κ3) is 2.97. The Morgan fingerprint density at radius 2 is 1.88 bits per heavy atom. The standard InChI is InChI=1S/C19H18ClNO3/c1-12-13(2)21(11-14-7-4-3-5-8-14)15-9-6-10-16(17(12)15)24-18(20)19(22)23/h3-10,18H,11H2,1-2H3,(H,22,23). The quantitative estimate of drug-likeness (QED) is 0.701. The number of hydrogen-bond donors (Lipinski definition) is 1. The first-order chi connectivity index (χ1) is 11.5. The largest absolute Gasteiger partial charge is 0.478 e. The molecule has 0 saturated heterocycles. The molecule has 124 valence electrons. The van der Waals surface area contributed by atoms with Gasteiger partial charge in [0.2, 0.25) is 0 Å². The number of fused-ring (bicyclic) bond motifs is 1. The van der Waals surface area contributed by atoms with Gasteiger partial charge in [0.15, 0.2) is 0 Å². The number of carboxylic acid groups (broad SMARTS) is 1. The maximum absolute atomic E-state index is 11.0. The maximum Gasteiger partial charge on any atom is 0.360 e. The van der Waals surface area contributed by atoms with Crippen LogP contribution in [-0.4, -0.2) is 21.2 Å². The van der Waals surface area contributed by atoms with Crippen molar-refractivity contribution < 1.29 is 14.6 Å². The number of alkyl halides is 1. The summed E-state index contributed by atoms with van der Waals surface area (Å²) in [5.74, 6) is -0.714. The molecule has 0 amide bonds. The summed E-state index contributed by atoms with van der Waals surface area (Å²) in [7, 11) is 0. The predicted octanol–water partition coefficient (Wildman–Crippen LogP) is 4.33. The second kappa shape index (κ2) is 6.57. The fourth-order valence-electron chi connectivity index (χ4n) is 2.92. The molecule has 0 radical (unpaired) electrons. The van der Waals surface area contributed by atoms with Crippen LogP contribution in [0.15, 0.2) is 48.5 Å². The molecule has 0 saturated carbocycles. The summed E-state index contributed by atoms with van der Waals surface area (Å²) in [5, 5.41) is 9.88. The van der Waals surface area contributed by atoms with E-state index < -0.39 is 11.5 Å². The summed E-state index contributed by atoms with van der Waals surface area (Å²) in [6.45, 7) is 4.80. The second-order valence-corrected chi connectivity index (χ2v) is 6.10. The van der Waals surface area contributed by atoms with Crippen molar-refractivity contribution in [3.8, 4) is 5.75 Å². The van der Waals surface area contributed by atoms with Crippen molar-refractivity contribution >= 4 is 28.5 Å². The van der Waals surface area contributed by atoms with Crippen LogP contribution in [0.1, 0.15) is 16.8 Å². The van der Waals surface area contributed by atoms with E-state index in [-0.39, 0.29) is 0 Å². The highest BCUT2D eigenvalue weighted by Gasteiger charge is 2.20. The summed E-state index contributed by atoms with van der Waals surface area (Å²) in [5.41, 5.74) is 2.97. The first-order valence-corrected chi connectivity index (χ1v) is 8.08. The number of halogens is 1. The summed E-state index contributed by atoms with van der Waals surface area (Å²) in [6.07, 6.45) is 0. The van der Waals surface area contributed by atoms with Crippen LogP contribution in [0.4, 0.5) is 0 Å². The molecule has 0 spiro atoms. The lowest BCUT2D eigenvalue weighted by atomic mass is 10.1. The fraction of sp³-hybridized carbons (Fsp3) is 0.211. The van der Waals surface area contributed by atoms with Gasteiger partial charge in [0.05, 0.1) is 5.52 Å². The summed E-state index contributed by atoms with van der Waals surface area (Å²) in [4.78, 5) is 11.0. The monoisotopic (exact) mass is 343 g/mol. The molecule has 0 aliphatic rings. The van der Waals surface area contributed by atoms with E-state index in [0.29, 0.717) is 5.75 Å². The first kappa shape index (κ1) is 16.4. The van der Waals surface area contributed by atoms with Crippen LogP contribution in [0, 0.1) is 13.8 Å². The summed E-state index contributed by atoms with van der Waals surface area (Å²) in [6, 6.07) is 15.8. The van der Waals surface area contributed by atoms with Gasteiger partial charge in [-0.25, -0.2) is 4.79 Å². The van der Waals surface area contributed by atoms with Crippen molar-refractivity contribution in [2.75, 3.05) is 0 Å². The van der Waals surface area contributed by atoms with E-state index in [9.17, 15) is 4.79 Å². The zero-order valence-electron chi connectivity index (χ0n) is 13.5. The SMILES string of the molecule is Cc1c(C)n(Cc2ccccc2)c2cccc(OC(Cl)C(=O)O)c12. The van der Waals surface area contributed by atoms with Crippen LogP contribution in [0.2, 0.25) is 0 Å². The molecule has 1 N–H and O–H groups in total. The molecule has 1 aromatic heterocycles. The van der Waals surface area contributed by atoms with Crippen LogP contribution in [0.5, 0.6) is 5.75 Å². The number of aryl methyl sites for hydroxylation is 1. The average Bonchev–Trinajstić information content (AvgIpc) is 2.81. The normalized spacial score (nSPS) is 12.3. The van der Waals surface area contributed by atoms with Crippen molar-refractivity contribution in [1.29, 1.82) is 0 Å². The van der Waals surface area contributed by atoms with Crippen LogP contribution in [0.3, 0.4) is 0 Å². The van der Waals surface area contributed by atoms with Crippen LogP contribution in [0.25, 0.3) is 10.9 Å². The Bertz CT molecular complexity index is 887. The molecule has 24 heavy (non-hydrogen) atoms. The minimum atomic E-state index is -1.41. The molecule has 0 fully saturated rings. The second-order valence-electron chi connectivity index (χ2n) is 5.70. The Hall–Kier alpha value is -2.46. The fourth-order valence-corrected chi connectivity index (χ4v) is 3.01. The Labute approximate surface area is 145 Å². The number of carboxylic acids is 1. The number of hydrogen-bond acceptors (Lipinski definition) is 2. The zero-order valence-corrected chi connectivity index (χ0v) is 14.2. The van der Waals surface area contributed by atoms with E-state index in [1.54, 1.807) is 6.07 Å². The molecule has 3 aromatic rings. The number of benzene rings is 2. The van der Waals surface area contributed by atoms with E-state index in [1.807, 2.05) is 37.3 Å². The summed E-state index contributed by atoms with van der Waals surface area (Å²) >= 11 is 5.75. The minimum absolute atomic E-state index is 0.488. The summed E-state index contributed by atoms with van der Waals surface area (Å²) < 4.78 is 7.65. The van der Waals surface area contributed by atoms with Crippen molar-refractivity contribution in [3.63, 3.8) is 0 Å². The molecule has 3 rings (SSSR count). The molecule has 0 bridgehead atoms. The lowest BCUT2D eigenvalue weighted by Gasteiger charge is -2.11. The van der Waals surface area contributed by atoms with Gasteiger partial charge in [-0.1, -0.05) is 48.0 Å². The van der Waals surface area contributed by atoms with Gasteiger partial charge >= 0.3 is 5.97 Å². The van der Waals surface area contributed by atoms with Crippen molar-refractivity contribution in [3.05, 3.63) is 65.4 Å². The van der Waals surface area contributed by atoms with Crippen molar-refractivity contribution in [1.82, 2.24) is 4.57 Å².